The summed E-state index contributed by atoms with van der Waals surface area (Å²) in [6, 6.07) is 16.0. The normalized spacial score (nSPS) is 26.8. The lowest BCUT2D eigenvalue weighted by atomic mass is 9.66. The van der Waals surface area contributed by atoms with Gasteiger partial charge >= 0.3 is 0 Å². The number of hydrogen-bond donors (Lipinski definition) is 1. The zero-order chi connectivity index (χ0) is 31.5. The Morgan fingerprint density at radius 2 is 1.75 bits per heavy atom. The van der Waals surface area contributed by atoms with Gasteiger partial charge in [0.15, 0.2) is 0 Å². The van der Waals surface area contributed by atoms with Crippen LogP contribution in [0.3, 0.4) is 0 Å². The molecule has 1 N–H and O–H groups in total. The van der Waals surface area contributed by atoms with E-state index >= 15 is 0 Å². The van der Waals surface area contributed by atoms with Crippen molar-refractivity contribution < 1.29 is 29.0 Å². The van der Waals surface area contributed by atoms with Gasteiger partial charge in [-0.25, -0.2) is 0 Å². The molecule has 9 nitrogen and oxygen atoms in total. The number of anilines is 1. The Morgan fingerprint density at radius 1 is 1.05 bits per heavy atom. The van der Waals surface area contributed by atoms with Gasteiger partial charge in [0, 0.05) is 38.5 Å². The van der Waals surface area contributed by atoms with Gasteiger partial charge in [0.05, 0.1) is 24.5 Å². The first-order chi connectivity index (χ1) is 21.2. The van der Waals surface area contributed by atoms with E-state index in [4.69, 9.17) is 9.47 Å². The Bertz CT molecular complexity index is 1380. The van der Waals surface area contributed by atoms with Crippen LogP contribution in [0.2, 0.25) is 0 Å². The van der Waals surface area contributed by atoms with Crippen LogP contribution in [0.4, 0.5) is 5.69 Å². The number of amides is 3. The average Bonchev–Trinajstić information content (AvgIpc) is 3.60. The van der Waals surface area contributed by atoms with Crippen LogP contribution in [0.15, 0.2) is 79.9 Å². The molecule has 5 atom stereocenters. The topological polar surface area (TPSA) is 99.6 Å². The largest absolute Gasteiger partial charge is 0.497 e. The number of fused-ring (bicyclic) bond motifs is 1. The second-order valence-corrected chi connectivity index (χ2v) is 12.1. The van der Waals surface area contributed by atoms with E-state index in [1.54, 1.807) is 58.2 Å². The maximum absolute atomic E-state index is 14.7. The zero-order valence-electron chi connectivity index (χ0n) is 25.7. The van der Waals surface area contributed by atoms with Gasteiger partial charge in [0.1, 0.15) is 17.4 Å². The summed E-state index contributed by atoms with van der Waals surface area (Å²) >= 11 is 0. The summed E-state index contributed by atoms with van der Waals surface area (Å²) in [7, 11) is 1.58. The molecule has 2 bridgehead atoms. The summed E-state index contributed by atoms with van der Waals surface area (Å²) in [5, 5.41) is 9.49. The molecule has 0 aromatic heterocycles. The second kappa shape index (κ2) is 13.0. The summed E-state index contributed by atoms with van der Waals surface area (Å²) in [6.07, 6.45) is 5.40. The molecule has 0 saturated carbocycles. The molecule has 2 aromatic carbocycles. The lowest BCUT2D eigenvalue weighted by molar-refractivity contribution is -0.150. The van der Waals surface area contributed by atoms with Crippen molar-refractivity contribution in [3.63, 3.8) is 0 Å². The van der Waals surface area contributed by atoms with Crippen molar-refractivity contribution in [3.8, 4) is 5.75 Å². The van der Waals surface area contributed by atoms with Gasteiger partial charge in [-0.3, -0.25) is 14.4 Å². The first-order valence-electron chi connectivity index (χ1n) is 15.4. The Labute approximate surface area is 259 Å². The van der Waals surface area contributed by atoms with E-state index < -0.39 is 29.1 Å². The number of aliphatic hydroxyl groups is 1. The molecule has 0 radical (unpaired) electrons. The summed E-state index contributed by atoms with van der Waals surface area (Å²) in [5.74, 6) is -1.58. The van der Waals surface area contributed by atoms with E-state index in [2.05, 4.69) is 13.2 Å². The monoisotopic (exact) mass is 601 g/mol. The van der Waals surface area contributed by atoms with Gasteiger partial charge in [-0.2, -0.15) is 0 Å². The van der Waals surface area contributed by atoms with E-state index in [1.807, 2.05) is 37.3 Å². The third-order valence-electron chi connectivity index (χ3n) is 9.42. The predicted octanol–water partition coefficient (Wildman–Crippen LogP) is 3.97. The molecule has 3 amide bonds. The van der Waals surface area contributed by atoms with E-state index in [0.717, 1.165) is 5.56 Å². The molecule has 2 unspecified atom stereocenters. The number of unbranched alkanes of at least 4 members (excludes halogenated alkanes) is 1. The fourth-order valence-corrected chi connectivity index (χ4v) is 7.47. The molecule has 3 aliphatic rings. The summed E-state index contributed by atoms with van der Waals surface area (Å²) < 4.78 is 12.2. The predicted molar refractivity (Wildman–Crippen MR) is 168 cm³/mol. The van der Waals surface area contributed by atoms with E-state index in [1.165, 1.54) is 0 Å². The molecular formula is C35H43N3O6. The van der Waals surface area contributed by atoms with Crippen molar-refractivity contribution in [2.45, 2.75) is 56.4 Å². The van der Waals surface area contributed by atoms with Crippen molar-refractivity contribution >= 4 is 23.4 Å². The van der Waals surface area contributed by atoms with Crippen LogP contribution in [0.5, 0.6) is 5.75 Å². The van der Waals surface area contributed by atoms with E-state index in [-0.39, 0.29) is 37.4 Å². The first kappa shape index (κ1) is 31.5. The SMILES string of the molecule is C=CCN(Cc1ccccc1)C(=O)[C@@H]1[C@H]2C(=O)N(CCCCO)C(C(=O)N(CC=C)c3ccc(OC)cc3)C23CC[C@@]1(C)O3. The van der Waals surface area contributed by atoms with Crippen LogP contribution in [-0.4, -0.2) is 83.2 Å². The van der Waals surface area contributed by atoms with Crippen LogP contribution in [0.1, 0.15) is 38.2 Å². The number of benzene rings is 2. The molecule has 3 saturated heterocycles. The van der Waals surface area contributed by atoms with Gasteiger partial charge in [-0.1, -0.05) is 42.5 Å². The first-order valence-corrected chi connectivity index (χ1v) is 15.4. The molecule has 3 aliphatic heterocycles. The minimum atomic E-state index is -1.15. The molecule has 44 heavy (non-hydrogen) atoms. The zero-order valence-corrected chi connectivity index (χ0v) is 25.7. The lowest BCUT2D eigenvalue weighted by Gasteiger charge is -2.37. The van der Waals surface area contributed by atoms with Crippen LogP contribution in [0, 0.1) is 11.8 Å². The number of hydrogen-bond acceptors (Lipinski definition) is 6. The van der Waals surface area contributed by atoms with Crippen LogP contribution >= 0.6 is 0 Å². The van der Waals surface area contributed by atoms with E-state index in [9.17, 15) is 19.5 Å². The van der Waals surface area contributed by atoms with Gasteiger partial charge in [0.2, 0.25) is 11.8 Å². The quantitative estimate of drug-likeness (QED) is 0.260. The maximum atomic E-state index is 14.7. The van der Waals surface area contributed by atoms with Crippen LogP contribution in [0.25, 0.3) is 0 Å². The summed E-state index contributed by atoms with van der Waals surface area (Å²) in [4.78, 5) is 48.6. The van der Waals surface area contributed by atoms with Gasteiger partial charge in [-0.05, 0) is 62.4 Å². The highest BCUT2D eigenvalue weighted by atomic mass is 16.5. The number of aliphatic hydroxyl groups excluding tert-OH is 1. The molecule has 5 rings (SSSR count). The molecule has 234 valence electrons. The van der Waals surface area contributed by atoms with Crippen LogP contribution in [-0.2, 0) is 25.7 Å². The smallest absolute Gasteiger partial charge is 0.253 e. The number of carbonyl (C=O) groups excluding carboxylic acids is 3. The van der Waals surface area contributed by atoms with Gasteiger partial charge in [-0.15, -0.1) is 13.2 Å². The van der Waals surface area contributed by atoms with Crippen molar-refractivity contribution in [3.05, 3.63) is 85.5 Å². The Balaban J connectivity index is 1.54. The van der Waals surface area contributed by atoms with E-state index in [0.29, 0.717) is 50.2 Å². The lowest BCUT2D eigenvalue weighted by Crippen LogP contribution is -2.56. The van der Waals surface area contributed by atoms with Crippen molar-refractivity contribution in [1.82, 2.24) is 9.80 Å². The van der Waals surface area contributed by atoms with Gasteiger partial charge in [0.25, 0.3) is 5.91 Å². The van der Waals surface area contributed by atoms with Crippen molar-refractivity contribution in [1.29, 1.82) is 0 Å². The van der Waals surface area contributed by atoms with Crippen molar-refractivity contribution in [2.24, 2.45) is 11.8 Å². The minimum absolute atomic E-state index is 0.0185. The number of likely N-dealkylation sites (tertiary alicyclic amines) is 1. The molecule has 1 spiro atoms. The highest BCUT2D eigenvalue weighted by Gasteiger charge is 2.78. The Morgan fingerprint density at radius 3 is 2.39 bits per heavy atom. The highest BCUT2D eigenvalue weighted by Crippen LogP contribution is 2.63. The molecule has 0 aliphatic carbocycles. The minimum Gasteiger partial charge on any atom is -0.497 e. The third-order valence-corrected chi connectivity index (χ3v) is 9.42. The molecule has 2 aromatic rings. The van der Waals surface area contributed by atoms with Crippen molar-refractivity contribution in [2.75, 3.05) is 38.3 Å². The number of rotatable bonds is 14. The highest BCUT2D eigenvalue weighted by molar-refractivity contribution is 6.05. The standard InChI is InChI=1S/C35H43N3O6/c1-5-20-36(24-25-12-8-7-9-13-25)31(40)28-29-32(41)38(22-10-11-23-39)30(35(29)19-18-34(28,3)44-35)33(42)37(21-6-2)26-14-16-27(43-4)17-15-26/h5-9,12-17,28-30,39H,1-2,10-11,18-24H2,3-4H3/t28-,29-,30?,34+,35?/m0/s1. The average molecular weight is 602 g/mol. The molecular weight excluding hydrogens is 558 g/mol. The number of methoxy groups -OCH3 is 1. The maximum Gasteiger partial charge on any atom is 0.253 e. The van der Waals surface area contributed by atoms with Gasteiger partial charge < -0.3 is 29.3 Å². The number of carbonyl (C=O) groups is 3. The fourth-order valence-electron chi connectivity index (χ4n) is 7.47. The summed E-state index contributed by atoms with van der Waals surface area (Å²) in [5.41, 5.74) is -0.430. The number of nitrogens with zero attached hydrogens (tertiary/aromatic N) is 3. The third kappa shape index (κ3) is 5.43. The fraction of sp³-hybridized carbons (Fsp3) is 0.457. The Hall–Kier alpha value is -3.95. The second-order valence-electron chi connectivity index (χ2n) is 12.1. The molecule has 9 heteroatoms. The number of ether oxygens (including phenoxy) is 2. The summed E-state index contributed by atoms with van der Waals surface area (Å²) in [6.45, 7) is 10.8. The van der Waals surface area contributed by atoms with Crippen LogP contribution < -0.4 is 9.64 Å². The molecule has 3 fully saturated rings. The Kier molecular flexibility index (Phi) is 9.27. The molecule has 3 heterocycles.